The summed E-state index contributed by atoms with van der Waals surface area (Å²) in [6, 6.07) is -6.28. The first-order valence-corrected chi connectivity index (χ1v) is 34.0. The Balaban J connectivity index is 3.10. The number of carbonyl (C=O) groups is 13. The zero-order chi connectivity index (χ0) is 74.5. The zero-order valence-corrected chi connectivity index (χ0v) is 62.6. The number of ether oxygens (including phenoxy) is 2. The van der Waals surface area contributed by atoms with Gasteiger partial charge in [-0.05, 0) is 111 Å². The summed E-state index contributed by atoms with van der Waals surface area (Å²) in [7, 11) is 11.0. The fourth-order valence-electron chi connectivity index (χ4n) is 12.0. The van der Waals surface area contributed by atoms with E-state index in [9.17, 15) is 43.2 Å². The van der Waals surface area contributed by atoms with Crippen LogP contribution in [0.25, 0.3) is 6.08 Å². The Morgan fingerprint density at radius 1 is 0.526 bits per heavy atom. The number of rotatable bonds is 18. The molecule has 1 fully saturated rings. The summed E-state index contributed by atoms with van der Waals surface area (Å²) in [6.45, 7) is 28.3. The fraction of sp³-hybridized carbons (Fsp3) is 0.704. The highest BCUT2D eigenvalue weighted by Crippen LogP contribution is 2.27. The number of benzene rings is 1. The summed E-state index contributed by atoms with van der Waals surface area (Å²) < 4.78 is 10.9. The number of esters is 2. The minimum Gasteiger partial charge on any atom is -0.465 e. The van der Waals surface area contributed by atoms with Crippen LogP contribution in [0.4, 0.5) is 0 Å². The first-order valence-electron chi connectivity index (χ1n) is 34.0. The number of methoxy groups -OCH3 is 1. The van der Waals surface area contributed by atoms with Gasteiger partial charge in [-0.15, -0.1) is 0 Å². The summed E-state index contributed by atoms with van der Waals surface area (Å²) in [5.41, 5.74) is 0.909. The number of carbonyl (C=O) groups excluding carboxylic acids is 13. The minimum absolute atomic E-state index is 0.0496. The lowest BCUT2D eigenvalue weighted by Crippen LogP contribution is -2.64. The summed E-state index contributed by atoms with van der Waals surface area (Å²) in [5.74, 6) is -11.9. The number of nitrogens with one attached hydrogen (secondary N) is 4. The standard InChI is InChI=1S/C71H117N11O15/c1-26-51-66(90)76(18)38-56(84)77(19)52(33-39(2)3)63(87)75-57(43(10)11)69(93)78(20)53(34-40(4)5)62(86)72-46(15)61(85)73-47(16)65(89)79(21)54(35-41(6)7)67(91)80(22)55(36-42(8)9)68(92)81(23)58(44(12)13)70(94)82(24)59(64(88)74-51)60(97-48(17)83)45(14)29-27-30-49-31-28-32-50(37-49)71(95)96-25/h27-28,30-32,37,39-47,51-55,57-60H,26,29,33-36,38H2,1-25H3,(H,72,86)(H,73,85)(H,74,88)(H,75,87)/b30-27+/t45-,46-,47+,51+,52+,53-,54+,55+,57-,58+,59+,60-/m1/s1. The highest BCUT2D eigenvalue weighted by molar-refractivity contribution is 6.00. The molecule has 11 amide bonds. The third-order valence-corrected chi connectivity index (χ3v) is 17.7. The van der Waals surface area contributed by atoms with Gasteiger partial charge in [0.05, 0.1) is 19.2 Å². The molecule has 97 heavy (non-hydrogen) atoms. The van der Waals surface area contributed by atoms with E-state index in [1.165, 1.54) is 94.8 Å². The van der Waals surface area contributed by atoms with Crippen LogP contribution in [0.2, 0.25) is 0 Å². The van der Waals surface area contributed by atoms with Gasteiger partial charge >= 0.3 is 11.9 Å². The molecule has 1 aliphatic rings. The van der Waals surface area contributed by atoms with Gasteiger partial charge in [0, 0.05) is 56.3 Å². The predicted molar refractivity (Wildman–Crippen MR) is 370 cm³/mol. The van der Waals surface area contributed by atoms with Crippen LogP contribution in [0.1, 0.15) is 172 Å². The van der Waals surface area contributed by atoms with Gasteiger partial charge in [0.25, 0.3) is 0 Å². The number of nitrogens with zero attached hydrogens (tertiary/aromatic N) is 7. The van der Waals surface area contributed by atoms with Gasteiger partial charge in [0.2, 0.25) is 65.0 Å². The SMILES string of the molecule is CC[C@@H]1NC(=O)[C@H]([C@H](OC(C)=O)[C@H](C)C/C=C/c2cccc(C(=O)OC)c2)N(C)C(=O)[C@H](C(C)C)N(C)C(=O)[C@H](CC(C)C)N(C)C(=O)[C@H](CC(C)C)N(C)C(=O)[C@H](C)NC(=O)[C@@H](C)NC(=O)[C@@H](CC(C)C)N(C)C(=O)[C@@H](C(C)C)NC(=O)[C@H](CC(C)C)N(C)C(=O)CN(C)C1=O. The molecule has 0 aromatic heterocycles. The van der Waals surface area contributed by atoms with E-state index < -0.39 is 168 Å². The van der Waals surface area contributed by atoms with Crippen LogP contribution in [-0.4, -0.2) is 241 Å². The second kappa shape index (κ2) is 38.9. The Labute approximate surface area is 576 Å². The molecule has 1 saturated heterocycles. The van der Waals surface area contributed by atoms with E-state index in [4.69, 9.17) is 9.47 Å². The molecule has 26 heteroatoms. The van der Waals surface area contributed by atoms with Crippen molar-refractivity contribution < 1.29 is 71.8 Å². The van der Waals surface area contributed by atoms with Crippen LogP contribution in [0.5, 0.6) is 0 Å². The van der Waals surface area contributed by atoms with Gasteiger partial charge in [-0.25, -0.2) is 4.79 Å². The molecule has 4 N–H and O–H groups in total. The summed E-state index contributed by atoms with van der Waals surface area (Å²) >= 11 is 0. The Kier molecular flexibility index (Phi) is 34.1. The maximum Gasteiger partial charge on any atom is 0.337 e. The molecule has 0 unspecified atom stereocenters. The van der Waals surface area contributed by atoms with Crippen molar-refractivity contribution in [2.24, 2.45) is 41.4 Å². The minimum atomic E-state index is -1.71. The van der Waals surface area contributed by atoms with Crippen LogP contribution in [0.3, 0.4) is 0 Å². The van der Waals surface area contributed by atoms with Crippen molar-refractivity contribution in [2.75, 3.05) is 63.0 Å². The van der Waals surface area contributed by atoms with Crippen molar-refractivity contribution >= 4 is 83.0 Å². The Morgan fingerprint density at radius 2 is 0.990 bits per heavy atom. The van der Waals surface area contributed by atoms with E-state index in [1.54, 1.807) is 78.0 Å². The van der Waals surface area contributed by atoms with E-state index in [1.807, 2.05) is 55.4 Å². The molecule has 0 bridgehead atoms. The molecule has 2 rings (SSSR count). The smallest absolute Gasteiger partial charge is 0.337 e. The molecule has 0 aliphatic carbocycles. The monoisotopic (exact) mass is 1360 g/mol. The highest BCUT2D eigenvalue weighted by Gasteiger charge is 2.47. The van der Waals surface area contributed by atoms with Crippen molar-refractivity contribution in [3.63, 3.8) is 0 Å². The summed E-state index contributed by atoms with van der Waals surface area (Å²) in [4.78, 5) is 197. The van der Waals surface area contributed by atoms with E-state index in [2.05, 4.69) is 21.3 Å². The third-order valence-electron chi connectivity index (χ3n) is 17.7. The second-order valence-electron chi connectivity index (χ2n) is 28.6. The lowest BCUT2D eigenvalue weighted by Gasteiger charge is -2.42. The Morgan fingerprint density at radius 3 is 1.47 bits per heavy atom. The van der Waals surface area contributed by atoms with Gasteiger partial charge in [0.15, 0.2) is 0 Å². The lowest BCUT2D eigenvalue weighted by atomic mass is 9.90. The lowest BCUT2D eigenvalue weighted by molar-refractivity contribution is -0.164. The van der Waals surface area contributed by atoms with Crippen molar-refractivity contribution in [1.29, 1.82) is 0 Å². The van der Waals surface area contributed by atoms with E-state index in [0.29, 0.717) is 11.1 Å². The van der Waals surface area contributed by atoms with Crippen molar-refractivity contribution in [1.82, 2.24) is 55.6 Å². The van der Waals surface area contributed by atoms with Gasteiger partial charge in [0.1, 0.15) is 66.5 Å². The molecule has 1 aliphatic heterocycles. The van der Waals surface area contributed by atoms with Crippen LogP contribution in [0, 0.1) is 41.4 Å². The average molecular weight is 1360 g/mol. The number of likely N-dealkylation sites (N-methyl/N-ethyl adjacent to an activating group) is 7. The average Bonchev–Trinajstić information content (AvgIpc) is 0.804. The number of amides is 11. The van der Waals surface area contributed by atoms with Gasteiger partial charge < -0.3 is 65.0 Å². The number of allylic oxidation sites excluding steroid dienone is 1. The maximum absolute atomic E-state index is 15.6. The fourth-order valence-corrected chi connectivity index (χ4v) is 12.0. The summed E-state index contributed by atoms with van der Waals surface area (Å²) in [5, 5.41) is 11.0. The molecule has 26 nitrogen and oxygen atoms in total. The molecule has 1 aromatic rings. The van der Waals surface area contributed by atoms with Gasteiger partial charge in [-0.1, -0.05) is 121 Å². The van der Waals surface area contributed by atoms with Crippen molar-refractivity contribution in [3.05, 3.63) is 41.5 Å². The van der Waals surface area contributed by atoms with Crippen LogP contribution >= 0.6 is 0 Å². The van der Waals surface area contributed by atoms with Gasteiger partial charge in [-0.3, -0.25) is 57.5 Å². The molecule has 0 radical (unpaired) electrons. The zero-order valence-electron chi connectivity index (χ0n) is 62.6. The first-order chi connectivity index (χ1) is 45.0. The van der Waals surface area contributed by atoms with Crippen LogP contribution < -0.4 is 21.3 Å². The molecule has 0 spiro atoms. The van der Waals surface area contributed by atoms with Crippen LogP contribution in [-0.2, 0) is 67.0 Å². The van der Waals surface area contributed by atoms with Crippen molar-refractivity contribution in [2.45, 2.75) is 223 Å². The van der Waals surface area contributed by atoms with E-state index in [-0.39, 0.29) is 62.2 Å². The van der Waals surface area contributed by atoms with Crippen molar-refractivity contribution in [3.8, 4) is 0 Å². The largest absolute Gasteiger partial charge is 0.465 e. The quantitative estimate of drug-likeness (QED) is 0.144. The van der Waals surface area contributed by atoms with E-state index >= 15 is 19.2 Å². The first kappa shape index (κ1) is 85.2. The molecule has 12 atom stereocenters. The number of hydrogen-bond acceptors (Lipinski definition) is 15. The number of hydrogen-bond donors (Lipinski definition) is 4. The molecule has 1 heterocycles. The highest BCUT2D eigenvalue weighted by atomic mass is 16.5. The second-order valence-corrected chi connectivity index (χ2v) is 28.6. The third kappa shape index (κ3) is 24.2. The van der Waals surface area contributed by atoms with Gasteiger partial charge in [-0.2, -0.15) is 0 Å². The topological polar surface area (TPSA) is 311 Å². The Bertz CT molecular complexity index is 2950. The summed E-state index contributed by atoms with van der Waals surface area (Å²) in [6.07, 6.45) is 2.57. The molecule has 0 saturated carbocycles. The maximum atomic E-state index is 15.6. The van der Waals surface area contributed by atoms with Crippen LogP contribution in [0.15, 0.2) is 30.3 Å². The molecule has 546 valence electrons. The Hall–Kier alpha value is -7.93. The molecular weight excluding hydrogens is 1250 g/mol. The van der Waals surface area contributed by atoms with E-state index in [0.717, 1.165) is 16.7 Å². The molecular formula is C71H117N11O15. The predicted octanol–water partition coefficient (Wildman–Crippen LogP) is 4.76. The normalized spacial score (nSPS) is 24.9. The molecule has 1 aromatic carbocycles.